The third kappa shape index (κ3) is 3.56. The SMILES string of the molecule is CCN(CC)c1cnn(CC(C)CO)c(=O)c1. The molecule has 1 rings (SSSR count). The summed E-state index contributed by atoms with van der Waals surface area (Å²) in [6.07, 6.45) is 1.71. The van der Waals surface area contributed by atoms with E-state index in [-0.39, 0.29) is 18.1 Å². The fourth-order valence-electron chi connectivity index (χ4n) is 1.68. The molecule has 5 nitrogen and oxygen atoms in total. The van der Waals surface area contributed by atoms with Crippen molar-refractivity contribution < 1.29 is 5.11 Å². The van der Waals surface area contributed by atoms with Gasteiger partial charge >= 0.3 is 0 Å². The number of aromatic nitrogens is 2. The van der Waals surface area contributed by atoms with E-state index in [1.807, 2.05) is 20.8 Å². The van der Waals surface area contributed by atoms with E-state index in [4.69, 9.17) is 5.11 Å². The van der Waals surface area contributed by atoms with Crippen molar-refractivity contribution in [3.05, 3.63) is 22.6 Å². The Morgan fingerprint density at radius 2 is 2.12 bits per heavy atom. The molecular weight excluding hydrogens is 218 g/mol. The predicted molar refractivity (Wildman–Crippen MR) is 68.3 cm³/mol. The summed E-state index contributed by atoms with van der Waals surface area (Å²) in [5.41, 5.74) is 0.739. The summed E-state index contributed by atoms with van der Waals surface area (Å²) in [7, 11) is 0. The molecule has 0 saturated carbocycles. The van der Waals surface area contributed by atoms with Gasteiger partial charge in [-0.1, -0.05) is 6.92 Å². The number of anilines is 1. The minimum atomic E-state index is -0.116. The molecular formula is C12H21N3O2. The highest BCUT2D eigenvalue weighted by Crippen LogP contribution is 2.08. The van der Waals surface area contributed by atoms with E-state index in [2.05, 4.69) is 10.00 Å². The van der Waals surface area contributed by atoms with Crippen molar-refractivity contribution in [1.82, 2.24) is 9.78 Å². The lowest BCUT2D eigenvalue weighted by atomic mass is 10.2. The van der Waals surface area contributed by atoms with Crippen molar-refractivity contribution in [3.8, 4) is 0 Å². The summed E-state index contributed by atoms with van der Waals surface area (Å²) in [4.78, 5) is 13.9. The zero-order valence-corrected chi connectivity index (χ0v) is 10.8. The molecule has 1 unspecified atom stereocenters. The second kappa shape index (κ2) is 6.39. The zero-order chi connectivity index (χ0) is 12.8. The Labute approximate surface area is 102 Å². The number of rotatable bonds is 6. The van der Waals surface area contributed by atoms with Crippen LogP contribution in [0.2, 0.25) is 0 Å². The summed E-state index contributed by atoms with van der Waals surface area (Å²) in [5.74, 6) is 0.0412. The van der Waals surface area contributed by atoms with Crippen LogP contribution in [0, 0.1) is 5.92 Å². The van der Waals surface area contributed by atoms with Gasteiger partial charge in [-0.15, -0.1) is 0 Å². The maximum absolute atomic E-state index is 11.8. The van der Waals surface area contributed by atoms with Crippen LogP contribution in [-0.2, 0) is 6.54 Å². The van der Waals surface area contributed by atoms with Crippen LogP contribution in [0.3, 0.4) is 0 Å². The first kappa shape index (κ1) is 13.7. The van der Waals surface area contributed by atoms with Crippen LogP contribution < -0.4 is 10.5 Å². The molecule has 1 heterocycles. The zero-order valence-electron chi connectivity index (χ0n) is 10.8. The summed E-state index contributed by atoms with van der Waals surface area (Å²) >= 11 is 0. The van der Waals surface area contributed by atoms with Gasteiger partial charge in [-0.3, -0.25) is 4.79 Å². The molecule has 0 spiro atoms. The van der Waals surface area contributed by atoms with Gasteiger partial charge in [0.2, 0.25) is 0 Å². The minimum absolute atomic E-state index is 0.0412. The number of aliphatic hydroxyl groups is 1. The van der Waals surface area contributed by atoms with Crippen LogP contribution in [0.5, 0.6) is 0 Å². The molecule has 0 aliphatic carbocycles. The molecule has 0 fully saturated rings. The number of hydrogen-bond donors (Lipinski definition) is 1. The Bertz CT molecular complexity index is 399. The van der Waals surface area contributed by atoms with Gasteiger partial charge in [0, 0.05) is 32.3 Å². The van der Waals surface area contributed by atoms with E-state index in [0.29, 0.717) is 6.54 Å². The van der Waals surface area contributed by atoms with E-state index in [0.717, 1.165) is 18.8 Å². The summed E-state index contributed by atoms with van der Waals surface area (Å²) in [6, 6.07) is 1.60. The molecule has 0 bridgehead atoms. The molecule has 1 N–H and O–H groups in total. The first-order valence-corrected chi connectivity index (χ1v) is 6.05. The van der Waals surface area contributed by atoms with Crippen LogP contribution >= 0.6 is 0 Å². The molecule has 0 aliphatic rings. The minimum Gasteiger partial charge on any atom is -0.396 e. The highest BCUT2D eigenvalue weighted by atomic mass is 16.3. The van der Waals surface area contributed by atoms with E-state index >= 15 is 0 Å². The van der Waals surface area contributed by atoms with Gasteiger partial charge in [0.25, 0.3) is 5.56 Å². The Hall–Kier alpha value is -1.36. The number of aliphatic hydroxyl groups excluding tert-OH is 1. The number of hydrogen-bond acceptors (Lipinski definition) is 4. The predicted octanol–water partition coefficient (Wildman–Crippen LogP) is 0.718. The van der Waals surface area contributed by atoms with Crippen molar-refractivity contribution in [2.45, 2.75) is 27.3 Å². The first-order chi connectivity index (χ1) is 8.12. The first-order valence-electron chi connectivity index (χ1n) is 6.05. The monoisotopic (exact) mass is 239 g/mol. The Morgan fingerprint density at radius 3 is 2.59 bits per heavy atom. The molecule has 0 aromatic carbocycles. The molecule has 1 atom stereocenters. The molecule has 0 aliphatic heterocycles. The van der Waals surface area contributed by atoms with Crippen molar-refractivity contribution >= 4 is 5.69 Å². The lowest BCUT2D eigenvalue weighted by Gasteiger charge is -2.20. The largest absolute Gasteiger partial charge is 0.396 e. The van der Waals surface area contributed by atoms with Gasteiger partial charge in [-0.25, -0.2) is 4.68 Å². The van der Waals surface area contributed by atoms with Crippen LogP contribution in [0.25, 0.3) is 0 Å². The van der Waals surface area contributed by atoms with Crippen LogP contribution in [0.15, 0.2) is 17.1 Å². The second-order valence-corrected chi connectivity index (χ2v) is 4.19. The van der Waals surface area contributed by atoms with Crippen LogP contribution in [-0.4, -0.2) is 34.6 Å². The molecule has 0 amide bonds. The van der Waals surface area contributed by atoms with Crippen LogP contribution in [0.4, 0.5) is 5.69 Å². The Kier molecular flexibility index (Phi) is 5.15. The topological polar surface area (TPSA) is 58.4 Å². The van der Waals surface area contributed by atoms with Crippen molar-refractivity contribution in [1.29, 1.82) is 0 Å². The van der Waals surface area contributed by atoms with E-state index < -0.39 is 0 Å². The van der Waals surface area contributed by atoms with Gasteiger partial charge in [0.15, 0.2) is 0 Å². The Morgan fingerprint density at radius 1 is 1.47 bits per heavy atom. The summed E-state index contributed by atoms with van der Waals surface area (Å²) < 4.78 is 1.40. The van der Waals surface area contributed by atoms with Gasteiger partial charge in [-0.05, 0) is 19.8 Å². The quantitative estimate of drug-likeness (QED) is 0.794. The van der Waals surface area contributed by atoms with Gasteiger partial charge in [0.05, 0.1) is 11.9 Å². The van der Waals surface area contributed by atoms with Crippen LogP contribution in [0.1, 0.15) is 20.8 Å². The number of nitrogens with zero attached hydrogens (tertiary/aromatic N) is 3. The molecule has 5 heteroatoms. The van der Waals surface area contributed by atoms with E-state index in [9.17, 15) is 4.79 Å². The lowest BCUT2D eigenvalue weighted by molar-refractivity contribution is 0.217. The average molecular weight is 239 g/mol. The van der Waals surface area contributed by atoms with E-state index in [1.165, 1.54) is 4.68 Å². The summed E-state index contributed by atoms with van der Waals surface area (Å²) in [5, 5.41) is 13.1. The lowest BCUT2D eigenvalue weighted by Crippen LogP contribution is -2.29. The molecule has 0 radical (unpaired) electrons. The highest BCUT2D eigenvalue weighted by molar-refractivity contribution is 5.42. The van der Waals surface area contributed by atoms with E-state index in [1.54, 1.807) is 12.3 Å². The maximum atomic E-state index is 11.8. The fourth-order valence-corrected chi connectivity index (χ4v) is 1.68. The molecule has 1 aromatic rings. The van der Waals surface area contributed by atoms with Crippen molar-refractivity contribution in [3.63, 3.8) is 0 Å². The maximum Gasteiger partial charge on any atom is 0.268 e. The van der Waals surface area contributed by atoms with Gasteiger partial charge in [0.1, 0.15) is 0 Å². The van der Waals surface area contributed by atoms with Gasteiger partial charge < -0.3 is 10.0 Å². The smallest absolute Gasteiger partial charge is 0.268 e. The highest BCUT2D eigenvalue weighted by Gasteiger charge is 2.07. The third-order valence-electron chi connectivity index (χ3n) is 2.78. The summed E-state index contributed by atoms with van der Waals surface area (Å²) in [6.45, 7) is 8.20. The third-order valence-corrected chi connectivity index (χ3v) is 2.78. The molecule has 1 aromatic heterocycles. The normalized spacial score (nSPS) is 12.5. The fraction of sp³-hybridized carbons (Fsp3) is 0.667. The second-order valence-electron chi connectivity index (χ2n) is 4.19. The molecule has 17 heavy (non-hydrogen) atoms. The van der Waals surface area contributed by atoms with Crippen molar-refractivity contribution in [2.75, 3.05) is 24.6 Å². The van der Waals surface area contributed by atoms with Crippen molar-refractivity contribution in [2.24, 2.45) is 5.92 Å². The standard InChI is InChI=1S/C12H21N3O2/c1-4-14(5-2)11-6-12(17)15(13-7-11)8-10(3)9-16/h6-7,10,16H,4-5,8-9H2,1-3H3. The molecule has 96 valence electrons. The van der Waals surface area contributed by atoms with Gasteiger partial charge in [-0.2, -0.15) is 5.10 Å². The average Bonchev–Trinajstić information content (AvgIpc) is 2.33. The molecule has 0 saturated heterocycles. The Balaban J connectivity index is 2.90.